The Morgan fingerprint density at radius 3 is 2.02 bits per heavy atom. The number of ether oxygens (including phenoxy) is 8. The van der Waals surface area contributed by atoms with Crippen molar-refractivity contribution in [2.75, 3.05) is 13.2 Å². The summed E-state index contributed by atoms with van der Waals surface area (Å²) >= 11 is 0. The van der Waals surface area contributed by atoms with Crippen LogP contribution in [0.4, 0.5) is 0 Å². The Morgan fingerprint density at radius 2 is 1.36 bits per heavy atom. The molecule has 0 saturated carbocycles. The summed E-state index contributed by atoms with van der Waals surface area (Å²) in [5.74, 6) is -4.85. The van der Waals surface area contributed by atoms with Gasteiger partial charge in [0.2, 0.25) is 12.4 Å². The van der Waals surface area contributed by atoms with Gasteiger partial charge in [-0.25, -0.2) is 9.59 Å². The molecule has 2 aromatic carbocycles. The van der Waals surface area contributed by atoms with Gasteiger partial charge in [-0.2, -0.15) is 0 Å². The molecule has 0 unspecified atom stereocenters. The Morgan fingerprint density at radius 1 is 0.717 bits per heavy atom. The highest BCUT2D eigenvalue weighted by atomic mass is 16.7. The third-order valence-corrected chi connectivity index (χ3v) is 7.95. The molecule has 0 radical (unpaired) electrons. The first-order chi connectivity index (χ1) is 25.4. The number of unbranched alkanes of at least 4 members (excludes halogenated alkanes) is 5. The summed E-state index contributed by atoms with van der Waals surface area (Å²) in [4.78, 5) is 75.5. The van der Waals surface area contributed by atoms with E-state index in [2.05, 4.69) is 6.92 Å². The van der Waals surface area contributed by atoms with Crippen molar-refractivity contribution >= 4 is 40.8 Å². The summed E-state index contributed by atoms with van der Waals surface area (Å²) in [5.41, 5.74) is -1.03. The highest BCUT2D eigenvalue weighted by Gasteiger charge is 2.53. The zero-order valence-corrected chi connectivity index (χ0v) is 30.3. The number of benzene rings is 2. The van der Waals surface area contributed by atoms with Crippen LogP contribution in [0.1, 0.15) is 83.5 Å². The molecule has 5 atom stereocenters. The highest BCUT2D eigenvalue weighted by molar-refractivity contribution is 5.93. The Hall–Kier alpha value is -5.44. The van der Waals surface area contributed by atoms with Gasteiger partial charge in [0.1, 0.15) is 24.0 Å². The first kappa shape index (κ1) is 40.3. The van der Waals surface area contributed by atoms with E-state index in [4.69, 9.17) is 42.3 Å². The van der Waals surface area contributed by atoms with Crippen molar-refractivity contribution in [2.45, 2.75) is 104 Å². The van der Waals surface area contributed by atoms with Crippen LogP contribution in [0.2, 0.25) is 0 Å². The molecule has 0 amide bonds. The molecule has 3 aromatic rings. The molecule has 15 nitrogen and oxygen atoms in total. The van der Waals surface area contributed by atoms with Crippen LogP contribution >= 0.6 is 0 Å². The van der Waals surface area contributed by atoms with Crippen LogP contribution in [0, 0.1) is 0 Å². The van der Waals surface area contributed by atoms with Crippen molar-refractivity contribution in [3.05, 3.63) is 64.5 Å². The van der Waals surface area contributed by atoms with Gasteiger partial charge in [-0.3, -0.25) is 19.2 Å². The number of carbonyl (C=O) groups is 5. The molecule has 0 N–H and O–H groups in total. The second-order valence-corrected chi connectivity index (χ2v) is 12.3. The molecule has 286 valence electrons. The zero-order valence-electron chi connectivity index (χ0n) is 30.3. The number of carbonyl (C=O) groups excluding carboxylic acids is 5. The molecule has 53 heavy (non-hydrogen) atoms. The van der Waals surface area contributed by atoms with Gasteiger partial charge in [0, 0.05) is 33.8 Å². The largest absolute Gasteiger partial charge is 0.493 e. The van der Waals surface area contributed by atoms with E-state index in [0.29, 0.717) is 12.4 Å². The second-order valence-electron chi connectivity index (χ2n) is 12.3. The minimum absolute atomic E-state index is 0.0180. The van der Waals surface area contributed by atoms with Gasteiger partial charge in [-0.1, -0.05) is 57.2 Å². The quantitative estimate of drug-likeness (QED) is 0.0758. The average molecular weight is 741 g/mol. The van der Waals surface area contributed by atoms with Crippen LogP contribution in [0.25, 0.3) is 11.0 Å². The molecule has 4 rings (SSSR count). The molecule has 1 fully saturated rings. The predicted molar refractivity (Wildman–Crippen MR) is 185 cm³/mol. The number of hydrogen-bond donors (Lipinski definition) is 0. The van der Waals surface area contributed by atoms with Crippen LogP contribution in [-0.2, 0) is 42.9 Å². The summed E-state index contributed by atoms with van der Waals surface area (Å²) in [6.07, 6.45) is -1.40. The summed E-state index contributed by atoms with van der Waals surface area (Å²) in [5, 5.41) is 0.111. The second kappa shape index (κ2) is 19.4. The standard InChI is InChI=1S/C38H44O15/c1-6-7-8-9-10-14-19-45-27-17-18-28-29(20-27)50-37(44)34(52-36(43)26-15-12-11-13-16-26)31(28)53-38-35(49-25(5)42)33(48-24(4)41)32(47-23(3)40)30(51-38)21-46-22(2)39/h11-13,15-18,20,30,32-33,35,38H,6-10,14,19,21H2,1-5H3/t30-,32+,33+,35-,38+/m1/s1. The third-order valence-electron chi connectivity index (χ3n) is 7.95. The van der Waals surface area contributed by atoms with Crippen molar-refractivity contribution in [1.29, 1.82) is 0 Å². The molecular weight excluding hydrogens is 696 g/mol. The number of rotatable bonds is 17. The number of esters is 5. The Balaban J connectivity index is 1.79. The Labute approximate surface area is 305 Å². The minimum Gasteiger partial charge on any atom is -0.493 e. The average Bonchev–Trinajstić information content (AvgIpc) is 3.10. The first-order valence-electron chi connectivity index (χ1n) is 17.4. The maximum absolute atomic E-state index is 13.6. The smallest absolute Gasteiger partial charge is 0.383 e. The summed E-state index contributed by atoms with van der Waals surface area (Å²) in [6.45, 7) is 6.42. The van der Waals surface area contributed by atoms with E-state index < -0.39 is 78.5 Å². The normalized spacial score (nSPS) is 19.5. The number of hydrogen-bond acceptors (Lipinski definition) is 15. The van der Waals surface area contributed by atoms with Crippen molar-refractivity contribution < 1.29 is 66.3 Å². The van der Waals surface area contributed by atoms with E-state index in [0.717, 1.165) is 59.8 Å². The maximum atomic E-state index is 13.6. The predicted octanol–water partition coefficient (Wildman–Crippen LogP) is 5.21. The molecule has 1 aliphatic heterocycles. The van der Waals surface area contributed by atoms with Crippen LogP contribution < -0.4 is 19.8 Å². The van der Waals surface area contributed by atoms with Gasteiger partial charge < -0.3 is 42.3 Å². The minimum atomic E-state index is -1.75. The van der Waals surface area contributed by atoms with E-state index in [1.54, 1.807) is 24.3 Å². The summed E-state index contributed by atoms with van der Waals surface area (Å²) in [6, 6.07) is 12.4. The lowest BCUT2D eigenvalue weighted by atomic mass is 9.98. The van der Waals surface area contributed by atoms with E-state index in [9.17, 15) is 28.8 Å². The monoisotopic (exact) mass is 740 g/mol. The zero-order chi connectivity index (χ0) is 38.5. The molecule has 0 bridgehead atoms. The lowest BCUT2D eigenvalue weighted by Gasteiger charge is -2.44. The fraction of sp³-hybridized carbons (Fsp3) is 0.474. The lowest BCUT2D eigenvalue weighted by molar-refractivity contribution is -0.288. The SMILES string of the molecule is CCCCCCCCOc1ccc2c(O[C@@H]3O[C@H](COC(C)=O)[C@H](OC(C)=O)[C@H](OC(C)=O)[C@H]3OC(C)=O)c(OC(=O)c3ccccc3)c(=O)oc2c1. The molecule has 1 saturated heterocycles. The highest BCUT2D eigenvalue weighted by Crippen LogP contribution is 2.39. The van der Waals surface area contributed by atoms with E-state index in [1.165, 1.54) is 30.7 Å². The van der Waals surface area contributed by atoms with E-state index in [1.807, 2.05) is 0 Å². The third kappa shape index (κ3) is 11.5. The van der Waals surface area contributed by atoms with E-state index >= 15 is 0 Å². The molecule has 1 aliphatic rings. The van der Waals surface area contributed by atoms with E-state index in [-0.39, 0.29) is 22.3 Å². The van der Waals surface area contributed by atoms with Gasteiger partial charge in [0.05, 0.1) is 17.6 Å². The molecule has 1 aromatic heterocycles. The van der Waals surface area contributed by atoms with Gasteiger partial charge in [-0.05, 0) is 30.7 Å². The van der Waals surface area contributed by atoms with Crippen LogP contribution in [0.15, 0.2) is 57.7 Å². The van der Waals surface area contributed by atoms with Crippen molar-refractivity contribution in [3.63, 3.8) is 0 Å². The van der Waals surface area contributed by atoms with Crippen LogP contribution in [-0.4, -0.2) is 73.8 Å². The first-order valence-corrected chi connectivity index (χ1v) is 17.4. The maximum Gasteiger partial charge on any atom is 0.383 e. The summed E-state index contributed by atoms with van der Waals surface area (Å²) in [7, 11) is 0. The van der Waals surface area contributed by atoms with Crippen molar-refractivity contribution in [1.82, 2.24) is 0 Å². The Bertz CT molecular complexity index is 1800. The van der Waals surface area contributed by atoms with Crippen LogP contribution in [0.3, 0.4) is 0 Å². The molecule has 15 heteroatoms. The lowest BCUT2D eigenvalue weighted by Crippen LogP contribution is -2.63. The number of fused-ring (bicyclic) bond motifs is 1. The van der Waals surface area contributed by atoms with Gasteiger partial charge in [0.15, 0.2) is 18.0 Å². The van der Waals surface area contributed by atoms with Crippen molar-refractivity contribution in [2.24, 2.45) is 0 Å². The fourth-order valence-corrected chi connectivity index (χ4v) is 5.63. The van der Waals surface area contributed by atoms with Gasteiger partial charge >= 0.3 is 35.5 Å². The molecule has 0 aliphatic carbocycles. The van der Waals surface area contributed by atoms with Gasteiger partial charge in [-0.15, -0.1) is 0 Å². The molecular formula is C38H44O15. The summed E-state index contributed by atoms with van der Waals surface area (Å²) < 4.78 is 51.0. The molecule has 0 spiro atoms. The van der Waals surface area contributed by atoms with Crippen molar-refractivity contribution in [3.8, 4) is 17.2 Å². The van der Waals surface area contributed by atoms with Gasteiger partial charge in [0.25, 0.3) is 5.75 Å². The van der Waals surface area contributed by atoms with Crippen LogP contribution in [0.5, 0.6) is 17.2 Å². The fourth-order valence-electron chi connectivity index (χ4n) is 5.63. The Kier molecular flexibility index (Phi) is 14.8. The topological polar surface area (TPSA) is 189 Å². The molecule has 2 heterocycles.